The molecule has 0 radical (unpaired) electrons. The van der Waals surface area contributed by atoms with E-state index in [0.29, 0.717) is 51.4 Å². The number of rotatable bonds is 7. The van der Waals surface area contributed by atoms with Crippen LogP contribution in [-0.4, -0.2) is 132 Å². The average molecular weight is 911 g/mol. The molecule has 0 spiro atoms. The lowest BCUT2D eigenvalue weighted by atomic mass is 9.58. The Kier molecular flexibility index (Phi) is 17.2. The van der Waals surface area contributed by atoms with Crippen LogP contribution in [0.2, 0.25) is 0 Å². The lowest BCUT2D eigenvalue weighted by molar-refractivity contribution is -0.302. The molecule has 2 N–H and O–H groups in total. The second kappa shape index (κ2) is 21.2. The number of fused-ring (bicyclic) bond motifs is 6. The van der Waals surface area contributed by atoms with Crippen molar-refractivity contribution in [3.63, 3.8) is 0 Å². The summed E-state index contributed by atoms with van der Waals surface area (Å²) in [6, 6.07) is -1.16. The molecule has 0 aromatic carbocycles. The van der Waals surface area contributed by atoms with Gasteiger partial charge in [0.2, 0.25) is 5.79 Å². The molecule has 5 rings (SSSR count). The van der Waals surface area contributed by atoms with E-state index in [2.05, 4.69) is 22.5 Å². The smallest absolute Gasteiger partial charge is 0.329 e. The van der Waals surface area contributed by atoms with Crippen molar-refractivity contribution in [3.8, 4) is 0 Å². The molecule has 14 nitrogen and oxygen atoms in total. The minimum atomic E-state index is -2.53. The van der Waals surface area contributed by atoms with Crippen LogP contribution < -0.4 is 0 Å². The molecule has 60 heavy (non-hydrogen) atoms. The Morgan fingerprint density at radius 1 is 0.950 bits per heavy atom. The lowest BCUT2D eigenvalue weighted by Crippen LogP contribution is -2.64. The Balaban J connectivity index is 1.60. The van der Waals surface area contributed by atoms with Crippen LogP contribution >= 0.6 is 15.9 Å². The molecule has 0 aromatic rings. The van der Waals surface area contributed by atoms with Crippen LogP contribution in [0, 0.1) is 41.4 Å². The Morgan fingerprint density at radius 2 is 1.65 bits per heavy atom. The summed E-state index contributed by atoms with van der Waals surface area (Å²) in [6.45, 7) is 11.6. The summed E-state index contributed by atoms with van der Waals surface area (Å²) in [5, 5.41) is 24.5. The van der Waals surface area contributed by atoms with Crippen LogP contribution in [0.1, 0.15) is 98.3 Å². The normalized spacial score (nSPS) is 42.3. The number of halogens is 1. The zero-order chi connectivity index (χ0) is 44.1. The van der Waals surface area contributed by atoms with Gasteiger partial charge in [-0.3, -0.25) is 19.2 Å². The third-order valence-corrected chi connectivity index (χ3v) is 14.5. The molecule has 338 valence electrons. The second-order valence-electron chi connectivity index (χ2n) is 18.2. The Hall–Kier alpha value is -2.53. The summed E-state index contributed by atoms with van der Waals surface area (Å²) in [4.78, 5) is 71.3. The quantitative estimate of drug-likeness (QED) is 0.153. The van der Waals surface area contributed by atoms with Gasteiger partial charge in [-0.2, -0.15) is 0 Å². The highest BCUT2D eigenvalue weighted by molar-refractivity contribution is 9.09. The van der Waals surface area contributed by atoms with Crippen molar-refractivity contribution >= 4 is 45.3 Å². The van der Waals surface area contributed by atoms with Crippen molar-refractivity contribution < 1.29 is 62.6 Å². The largest absolute Gasteiger partial charge is 0.460 e. The summed E-state index contributed by atoms with van der Waals surface area (Å²) < 4.78 is 36.4. The van der Waals surface area contributed by atoms with Crippen molar-refractivity contribution in [2.75, 3.05) is 33.2 Å². The number of aliphatic hydroxyl groups excluding tert-OH is 1. The molecule has 5 aliphatic rings. The van der Waals surface area contributed by atoms with E-state index in [1.165, 1.54) is 26.2 Å². The number of piperidine rings is 1. The molecule has 2 bridgehead atoms. The maximum Gasteiger partial charge on any atom is 0.329 e. The monoisotopic (exact) mass is 909 g/mol. The standard InChI is InChI=1S/C45H68BrNO13/c1-9-12-28-18-24(2)17-25(3)19-34(55-6)40-35(56-7)21-27(5)45(54,60-40)42(51)43(52)47-16-11-10-13-30(47)44(53)59-39-26(4)20-29-14-15-33(58-36(50)23-46)41(57-8)37(29)38(39)32(49)22-31(28)48/h9,18,25-30,32-35,37-41,49,54H,1,10-17,19-23H2,2-8H3/b24-18+/t25-,26?,27+,28+,29?,30-,32-,33+,34-,35-,37?,38-,39+,40+,41-,45+/m0/s1. The van der Waals surface area contributed by atoms with Gasteiger partial charge < -0.3 is 43.5 Å². The molecule has 2 saturated heterocycles. The third kappa shape index (κ3) is 10.5. The Labute approximate surface area is 363 Å². The number of carbonyl (C=O) groups is 5. The first kappa shape index (κ1) is 48.5. The SMILES string of the molecule is C=CC[C@@H]1/C=C(\C)C[C@H](C)C[C@H](OC)[C@H]2O[C@@](O)(C(=O)C(=O)N3CCCC[C@H]3C(=O)O[C@@H]3C(C)CC4CC[C@@H](OC(=O)CBr)[C@H](OC)C4[C@@H]3[C@@H](O)CC1=O)[C@H](C)C[C@@H]2OC. The van der Waals surface area contributed by atoms with E-state index >= 15 is 0 Å². The summed E-state index contributed by atoms with van der Waals surface area (Å²) >= 11 is 3.18. The zero-order valence-electron chi connectivity index (χ0n) is 36.4. The molecular weight excluding hydrogens is 842 g/mol. The molecule has 2 aliphatic carbocycles. The second-order valence-corrected chi connectivity index (χ2v) is 18.8. The number of nitrogens with zero attached hydrogens (tertiary/aromatic N) is 1. The molecular formula is C45H68BrNO13. The number of methoxy groups -OCH3 is 3. The average Bonchev–Trinajstić information content (AvgIpc) is 3.22. The fraction of sp³-hybridized carbons (Fsp3) is 0.800. The molecule has 3 heterocycles. The van der Waals surface area contributed by atoms with Gasteiger partial charge in [0.1, 0.15) is 35.5 Å². The first-order valence-corrected chi connectivity index (χ1v) is 22.9. The highest BCUT2D eigenvalue weighted by atomic mass is 79.9. The van der Waals surface area contributed by atoms with Gasteiger partial charge in [0.05, 0.1) is 24.4 Å². The van der Waals surface area contributed by atoms with E-state index in [9.17, 15) is 34.2 Å². The molecule has 15 heteroatoms. The minimum Gasteiger partial charge on any atom is -0.460 e. The van der Waals surface area contributed by atoms with Crippen LogP contribution in [-0.2, 0) is 52.4 Å². The van der Waals surface area contributed by atoms with Crippen LogP contribution in [0.3, 0.4) is 0 Å². The zero-order valence-corrected chi connectivity index (χ0v) is 38.0. The summed E-state index contributed by atoms with van der Waals surface area (Å²) in [6.07, 6.45) is 2.44. The van der Waals surface area contributed by atoms with Crippen LogP contribution in [0.25, 0.3) is 0 Å². The highest BCUT2D eigenvalue weighted by Crippen LogP contribution is 2.51. The van der Waals surface area contributed by atoms with E-state index in [1.807, 2.05) is 26.8 Å². The van der Waals surface area contributed by atoms with E-state index in [0.717, 1.165) is 5.57 Å². The number of hydrogen-bond acceptors (Lipinski definition) is 13. The topological polar surface area (TPSA) is 184 Å². The van der Waals surface area contributed by atoms with Crippen molar-refractivity contribution in [1.29, 1.82) is 0 Å². The number of ketones is 2. The maximum atomic E-state index is 14.5. The van der Waals surface area contributed by atoms with Crippen LogP contribution in [0.15, 0.2) is 24.3 Å². The maximum absolute atomic E-state index is 14.5. The number of allylic oxidation sites excluding steroid dienone is 3. The Morgan fingerprint density at radius 3 is 2.30 bits per heavy atom. The van der Waals surface area contributed by atoms with Gasteiger partial charge in [-0.05, 0) is 88.9 Å². The summed E-state index contributed by atoms with van der Waals surface area (Å²) in [5.41, 5.74) is 0.940. The number of hydrogen-bond donors (Lipinski definition) is 2. The first-order chi connectivity index (χ1) is 28.5. The molecule has 3 unspecified atom stereocenters. The van der Waals surface area contributed by atoms with E-state index in [-0.39, 0.29) is 54.7 Å². The van der Waals surface area contributed by atoms with Crippen LogP contribution in [0.4, 0.5) is 0 Å². The molecule has 4 fully saturated rings. The predicted octanol–water partition coefficient (Wildman–Crippen LogP) is 4.88. The van der Waals surface area contributed by atoms with Gasteiger partial charge in [0, 0.05) is 58.0 Å². The first-order valence-electron chi connectivity index (χ1n) is 21.8. The minimum absolute atomic E-state index is 0.00304. The van der Waals surface area contributed by atoms with Gasteiger partial charge in [-0.25, -0.2) is 4.79 Å². The lowest BCUT2D eigenvalue weighted by Gasteiger charge is -2.53. The highest BCUT2D eigenvalue weighted by Gasteiger charge is 2.58. The molecule has 3 aliphatic heterocycles. The number of esters is 2. The molecule has 1 amide bonds. The van der Waals surface area contributed by atoms with E-state index in [4.69, 9.17) is 28.4 Å². The van der Waals surface area contributed by atoms with Crippen molar-refractivity contribution in [2.45, 2.75) is 153 Å². The number of amides is 1. The fourth-order valence-corrected chi connectivity index (χ4v) is 11.3. The number of alkyl halides is 1. The molecule has 0 aromatic heterocycles. The number of aliphatic hydroxyl groups is 2. The predicted molar refractivity (Wildman–Crippen MR) is 223 cm³/mol. The van der Waals surface area contributed by atoms with Gasteiger partial charge in [0.25, 0.3) is 11.7 Å². The van der Waals surface area contributed by atoms with Crippen molar-refractivity contribution in [2.24, 2.45) is 41.4 Å². The van der Waals surface area contributed by atoms with Gasteiger partial charge >= 0.3 is 11.9 Å². The van der Waals surface area contributed by atoms with Crippen LogP contribution in [0.5, 0.6) is 0 Å². The third-order valence-electron chi connectivity index (χ3n) is 14.0. The van der Waals surface area contributed by atoms with E-state index < -0.39 is 102 Å². The number of Topliss-reactive ketones (excluding diaryl/α,β-unsaturated/α-hetero) is 2. The van der Waals surface area contributed by atoms with Gasteiger partial charge in [-0.15, -0.1) is 6.58 Å². The number of ether oxygens (including phenoxy) is 6. The molecule has 2 saturated carbocycles. The van der Waals surface area contributed by atoms with Gasteiger partial charge in [0.15, 0.2) is 0 Å². The van der Waals surface area contributed by atoms with Crippen molar-refractivity contribution in [3.05, 3.63) is 24.3 Å². The summed E-state index contributed by atoms with van der Waals surface area (Å²) in [7, 11) is 4.58. The van der Waals surface area contributed by atoms with Gasteiger partial charge in [-0.1, -0.05) is 54.4 Å². The molecule has 16 atom stereocenters. The Bertz CT molecular complexity index is 1590. The fourth-order valence-electron chi connectivity index (χ4n) is 11.1. The number of carbonyl (C=O) groups excluding carboxylic acids is 5. The van der Waals surface area contributed by atoms with E-state index in [1.54, 1.807) is 13.0 Å². The summed E-state index contributed by atoms with van der Waals surface area (Å²) in [5.74, 6) is -9.15. The van der Waals surface area contributed by atoms with Crippen molar-refractivity contribution in [1.82, 2.24) is 4.90 Å².